The Hall–Kier alpha value is -3.51. The molecule has 0 aliphatic heterocycles. The minimum Gasteiger partial charge on any atom is -0.483 e. The number of para-hydroxylation sites is 1. The Labute approximate surface area is 187 Å². The summed E-state index contributed by atoms with van der Waals surface area (Å²) in [6.07, 6.45) is 1.52. The Morgan fingerprint density at radius 3 is 2.29 bits per heavy atom. The van der Waals surface area contributed by atoms with Crippen molar-refractivity contribution in [2.24, 2.45) is 0 Å². The highest BCUT2D eigenvalue weighted by atomic mass is 79.9. The van der Waals surface area contributed by atoms with Crippen molar-refractivity contribution in [2.75, 3.05) is 11.9 Å². The van der Waals surface area contributed by atoms with E-state index in [9.17, 15) is 14.4 Å². The van der Waals surface area contributed by atoms with Gasteiger partial charge >= 0.3 is 0 Å². The Kier molecular flexibility index (Phi) is 5.82. The molecule has 1 aliphatic carbocycles. The minimum atomic E-state index is -0.312. The molecule has 1 amide bonds. The van der Waals surface area contributed by atoms with Crippen LogP contribution in [0.5, 0.6) is 5.75 Å². The van der Waals surface area contributed by atoms with E-state index in [0.29, 0.717) is 28.1 Å². The van der Waals surface area contributed by atoms with Crippen LogP contribution in [0, 0.1) is 6.92 Å². The molecule has 0 heterocycles. The average molecular weight is 476 g/mol. The van der Waals surface area contributed by atoms with Gasteiger partial charge in [-0.1, -0.05) is 58.4 Å². The summed E-state index contributed by atoms with van der Waals surface area (Å²) in [5, 5.41) is 2.82. The summed E-state index contributed by atoms with van der Waals surface area (Å²) in [4.78, 5) is 37.7. The smallest absolute Gasteiger partial charge is 0.262 e. The summed E-state index contributed by atoms with van der Waals surface area (Å²) in [5.74, 6) is -0.514. The molecular weight excluding hydrogens is 458 g/mol. The van der Waals surface area contributed by atoms with E-state index in [2.05, 4.69) is 21.2 Å². The lowest BCUT2D eigenvalue weighted by Gasteiger charge is -2.11. The highest BCUT2D eigenvalue weighted by Gasteiger charge is 2.32. The lowest BCUT2D eigenvalue weighted by molar-refractivity contribution is -0.118. The first kappa shape index (κ1) is 20.8. The number of allylic oxidation sites excluding steroid dienone is 1. The number of Topliss-reactive ketones (excluding diaryl/α,β-unsaturated/α-hetero) is 2. The summed E-state index contributed by atoms with van der Waals surface area (Å²) in [5.41, 5.74) is 3.08. The van der Waals surface area contributed by atoms with Crippen LogP contribution in [0.4, 0.5) is 5.69 Å². The number of carbonyl (C=O) groups excluding carboxylic acids is 3. The monoisotopic (exact) mass is 475 g/mol. The normalized spacial score (nSPS) is 12.5. The van der Waals surface area contributed by atoms with Crippen molar-refractivity contribution in [2.45, 2.75) is 6.92 Å². The van der Waals surface area contributed by atoms with Crippen LogP contribution in [-0.2, 0) is 4.79 Å². The number of carbonyl (C=O) groups is 3. The van der Waals surface area contributed by atoms with Crippen LogP contribution in [-0.4, -0.2) is 24.1 Å². The number of hydrogen-bond donors (Lipinski definition) is 1. The maximum absolute atomic E-state index is 12.7. The number of halogens is 1. The average Bonchev–Trinajstić information content (AvgIpc) is 3.00. The van der Waals surface area contributed by atoms with Crippen molar-refractivity contribution in [1.82, 2.24) is 0 Å². The second kappa shape index (κ2) is 8.70. The molecule has 5 nitrogen and oxygen atoms in total. The van der Waals surface area contributed by atoms with E-state index in [1.165, 1.54) is 6.08 Å². The molecule has 4 rings (SSSR count). The molecule has 0 spiro atoms. The van der Waals surface area contributed by atoms with Gasteiger partial charge in [-0.2, -0.15) is 0 Å². The Balaban J connectivity index is 1.51. The highest BCUT2D eigenvalue weighted by molar-refractivity contribution is 9.10. The van der Waals surface area contributed by atoms with E-state index in [0.717, 1.165) is 10.0 Å². The molecule has 0 radical (unpaired) electrons. The molecule has 0 bridgehead atoms. The number of aryl methyl sites for hydroxylation is 1. The third kappa shape index (κ3) is 4.34. The third-order valence-corrected chi connectivity index (χ3v) is 5.44. The minimum absolute atomic E-state index is 0.0900. The molecule has 31 heavy (non-hydrogen) atoms. The number of anilines is 1. The van der Waals surface area contributed by atoms with Crippen LogP contribution in [0.2, 0.25) is 0 Å². The Morgan fingerprint density at radius 2 is 1.61 bits per heavy atom. The van der Waals surface area contributed by atoms with Crippen LogP contribution in [0.3, 0.4) is 0 Å². The van der Waals surface area contributed by atoms with Gasteiger partial charge in [0.2, 0.25) is 0 Å². The molecule has 154 valence electrons. The highest BCUT2D eigenvalue weighted by Crippen LogP contribution is 2.30. The first-order chi connectivity index (χ1) is 14.9. The van der Waals surface area contributed by atoms with E-state index in [1.807, 2.05) is 25.1 Å². The van der Waals surface area contributed by atoms with Gasteiger partial charge in [0.25, 0.3) is 5.91 Å². The first-order valence-electron chi connectivity index (χ1n) is 9.62. The molecule has 1 aliphatic rings. The van der Waals surface area contributed by atoms with Crippen LogP contribution in [0.1, 0.15) is 31.8 Å². The maximum atomic E-state index is 12.7. The molecule has 0 aromatic heterocycles. The lowest BCUT2D eigenvalue weighted by Crippen LogP contribution is -2.20. The van der Waals surface area contributed by atoms with Crippen molar-refractivity contribution in [3.05, 3.63) is 99.0 Å². The van der Waals surface area contributed by atoms with Crippen molar-refractivity contribution in [3.8, 4) is 5.75 Å². The van der Waals surface area contributed by atoms with E-state index in [4.69, 9.17) is 4.74 Å². The van der Waals surface area contributed by atoms with Gasteiger partial charge in [0.1, 0.15) is 5.75 Å². The molecule has 0 unspecified atom stereocenters. The van der Waals surface area contributed by atoms with Gasteiger partial charge in [-0.3, -0.25) is 14.4 Å². The third-order valence-electron chi connectivity index (χ3n) is 4.95. The second-order valence-corrected chi connectivity index (χ2v) is 8.01. The SMILES string of the molecule is Cc1cc(Br)ccc1NC(=O)COc1ccccc1C=C1C(=O)c2ccccc2C1=O. The van der Waals surface area contributed by atoms with E-state index >= 15 is 0 Å². The second-order valence-electron chi connectivity index (χ2n) is 7.10. The summed E-state index contributed by atoms with van der Waals surface area (Å²) < 4.78 is 6.63. The summed E-state index contributed by atoms with van der Waals surface area (Å²) in [6.45, 7) is 1.69. The maximum Gasteiger partial charge on any atom is 0.262 e. The van der Waals surface area contributed by atoms with Gasteiger partial charge in [-0.25, -0.2) is 0 Å². The van der Waals surface area contributed by atoms with Crippen molar-refractivity contribution in [1.29, 1.82) is 0 Å². The molecule has 0 atom stereocenters. The summed E-state index contributed by atoms with van der Waals surface area (Å²) in [6, 6.07) is 19.3. The number of benzene rings is 3. The number of rotatable bonds is 5. The van der Waals surface area contributed by atoms with Gasteiger partial charge in [0.05, 0.1) is 5.57 Å². The van der Waals surface area contributed by atoms with Gasteiger partial charge in [0.15, 0.2) is 18.2 Å². The lowest BCUT2D eigenvalue weighted by atomic mass is 10.1. The van der Waals surface area contributed by atoms with E-state index < -0.39 is 0 Å². The van der Waals surface area contributed by atoms with Gasteiger partial charge < -0.3 is 10.1 Å². The first-order valence-corrected chi connectivity index (χ1v) is 10.4. The zero-order valence-corrected chi connectivity index (χ0v) is 18.2. The van der Waals surface area contributed by atoms with Crippen molar-refractivity contribution in [3.63, 3.8) is 0 Å². The summed E-state index contributed by atoms with van der Waals surface area (Å²) in [7, 11) is 0. The van der Waals surface area contributed by atoms with Crippen LogP contribution in [0.25, 0.3) is 6.08 Å². The quantitative estimate of drug-likeness (QED) is 0.404. The molecule has 3 aromatic rings. The van der Waals surface area contributed by atoms with E-state index in [1.54, 1.807) is 48.5 Å². The predicted octanol–water partition coefficient (Wildman–Crippen LogP) is 5.24. The number of ether oxygens (including phenoxy) is 1. The zero-order chi connectivity index (χ0) is 22.0. The van der Waals surface area contributed by atoms with Crippen molar-refractivity contribution < 1.29 is 19.1 Å². The standard InChI is InChI=1S/C25H18BrNO4/c1-15-12-17(26)10-11-21(15)27-23(28)14-31-22-9-5-2-6-16(22)13-20-24(29)18-7-3-4-8-19(18)25(20)30/h2-13H,14H2,1H3,(H,27,28). The van der Waals surface area contributed by atoms with Gasteiger partial charge in [-0.05, 0) is 42.8 Å². The molecule has 3 aromatic carbocycles. The number of ketones is 2. The van der Waals surface area contributed by atoms with Crippen LogP contribution < -0.4 is 10.1 Å². The topological polar surface area (TPSA) is 72.5 Å². The molecular formula is C25H18BrNO4. The largest absolute Gasteiger partial charge is 0.483 e. The number of nitrogens with one attached hydrogen (secondary N) is 1. The Bertz CT molecular complexity index is 1210. The molecule has 1 N–H and O–H groups in total. The Morgan fingerprint density at radius 1 is 0.968 bits per heavy atom. The van der Waals surface area contributed by atoms with Crippen LogP contribution in [0.15, 0.2) is 76.8 Å². The zero-order valence-electron chi connectivity index (χ0n) is 16.6. The number of amides is 1. The number of fused-ring (bicyclic) bond motifs is 1. The summed E-state index contributed by atoms with van der Waals surface area (Å²) >= 11 is 3.39. The van der Waals surface area contributed by atoms with Gasteiger partial charge in [-0.15, -0.1) is 0 Å². The predicted molar refractivity (Wildman–Crippen MR) is 123 cm³/mol. The molecule has 0 fully saturated rings. The fraction of sp³-hybridized carbons (Fsp3) is 0.0800. The van der Waals surface area contributed by atoms with Crippen LogP contribution >= 0.6 is 15.9 Å². The van der Waals surface area contributed by atoms with Gasteiger partial charge in [0, 0.05) is 26.9 Å². The fourth-order valence-electron chi connectivity index (χ4n) is 3.39. The van der Waals surface area contributed by atoms with E-state index in [-0.39, 0.29) is 29.7 Å². The molecule has 0 saturated carbocycles. The molecule has 0 saturated heterocycles. The fourth-order valence-corrected chi connectivity index (χ4v) is 3.86. The molecule has 6 heteroatoms. The van der Waals surface area contributed by atoms with Crippen molar-refractivity contribution >= 4 is 45.2 Å². The number of hydrogen-bond acceptors (Lipinski definition) is 4.